The van der Waals surface area contributed by atoms with Gasteiger partial charge >= 0.3 is 5.97 Å². The van der Waals surface area contributed by atoms with E-state index in [1.165, 1.54) is 0 Å². The number of hydrogen-bond acceptors (Lipinski definition) is 4. The Morgan fingerprint density at radius 2 is 2.11 bits per heavy atom. The first-order valence-electron chi connectivity index (χ1n) is 5.76. The molecule has 5 heteroatoms. The molecule has 2 atom stereocenters. The van der Waals surface area contributed by atoms with Gasteiger partial charge in [0.2, 0.25) is 0 Å². The zero-order valence-electron chi connectivity index (χ0n) is 10.7. The molecule has 1 saturated carbocycles. The normalized spacial score (nSPS) is 21.3. The molecule has 98 valence electrons. The van der Waals surface area contributed by atoms with Crippen molar-refractivity contribution in [2.75, 3.05) is 26.2 Å². The van der Waals surface area contributed by atoms with Crippen LogP contribution < -0.4 is 14.4 Å². The molecule has 18 heavy (non-hydrogen) atoms. The third-order valence-electron chi connectivity index (χ3n) is 3.34. The summed E-state index contributed by atoms with van der Waals surface area (Å²) in [4.78, 5) is 12.8. The second kappa shape index (κ2) is 4.76. The van der Waals surface area contributed by atoms with Gasteiger partial charge in [0.15, 0.2) is 0 Å². The average molecular weight is 251 g/mol. The molecule has 1 N–H and O–H groups in total. The number of ether oxygens (including phenoxy) is 2. The maximum absolute atomic E-state index is 10.9. The number of benzene rings is 1. The zero-order chi connectivity index (χ0) is 13.3. The Morgan fingerprint density at radius 3 is 2.61 bits per heavy atom. The summed E-state index contributed by atoms with van der Waals surface area (Å²) in [5, 5.41) is 8.96. The first-order valence-corrected chi connectivity index (χ1v) is 5.76. The van der Waals surface area contributed by atoms with Gasteiger partial charge in [0.1, 0.15) is 11.5 Å². The maximum Gasteiger partial charge on any atom is 0.308 e. The van der Waals surface area contributed by atoms with E-state index >= 15 is 0 Å². The van der Waals surface area contributed by atoms with Crippen LogP contribution in [-0.4, -0.2) is 38.4 Å². The smallest absolute Gasteiger partial charge is 0.308 e. The molecule has 0 radical (unpaired) electrons. The van der Waals surface area contributed by atoms with E-state index in [0.717, 1.165) is 11.4 Å². The van der Waals surface area contributed by atoms with Gasteiger partial charge in [-0.25, -0.2) is 0 Å². The second-order valence-electron chi connectivity index (χ2n) is 4.40. The topological polar surface area (TPSA) is 59.0 Å². The highest BCUT2D eigenvalue weighted by atomic mass is 16.5. The Labute approximate surface area is 106 Å². The lowest BCUT2D eigenvalue weighted by Gasteiger charge is -2.22. The van der Waals surface area contributed by atoms with Crippen LogP contribution in [0.5, 0.6) is 11.5 Å². The molecular formula is C13H17NO4. The zero-order valence-corrected chi connectivity index (χ0v) is 10.7. The third-order valence-corrected chi connectivity index (χ3v) is 3.34. The largest absolute Gasteiger partial charge is 0.497 e. The Hall–Kier alpha value is -1.91. The van der Waals surface area contributed by atoms with Gasteiger partial charge in [-0.05, 0) is 18.6 Å². The summed E-state index contributed by atoms with van der Waals surface area (Å²) in [6, 6.07) is 5.53. The van der Waals surface area contributed by atoms with Crippen LogP contribution in [0.4, 0.5) is 5.69 Å². The van der Waals surface area contributed by atoms with Gasteiger partial charge in [-0.3, -0.25) is 4.79 Å². The number of rotatable bonds is 5. The molecular weight excluding hydrogens is 234 g/mol. The van der Waals surface area contributed by atoms with Gasteiger partial charge in [-0.2, -0.15) is 0 Å². The molecule has 2 unspecified atom stereocenters. The molecule has 0 heterocycles. The number of nitrogens with zero attached hydrogens (tertiary/aromatic N) is 1. The van der Waals surface area contributed by atoms with E-state index in [9.17, 15) is 4.79 Å². The van der Waals surface area contributed by atoms with E-state index in [1.807, 2.05) is 30.1 Å². The van der Waals surface area contributed by atoms with Gasteiger partial charge in [-0.1, -0.05) is 0 Å². The Morgan fingerprint density at radius 1 is 1.39 bits per heavy atom. The van der Waals surface area contributed by atoms with E-state index in [1.54, 1.807) is 14.2 Å². The SMILES string of the molecule is COc1ccc(OC)c(N(C)C2CC2C(=O)O)c1. The lowest BCUT2D eigenvalue weighted by Crippen LogP contribution is -2.24. The fourth-order valence-corrected chi connectivity index (χ4v) is 2.13. The van der Waals surface area contributed by atoms with Crippen molar-refractivity contribution < 1.29 is 19.4 Å². The summed E-state index contributed by atoms with van der Waals surface area (Å²) in [6.45, 7) is 0. The van der Waals surface area contributed by atoms with E-state index in [2.05, 4.69) is 0 Å². The predicted octanol–water partition coefficient (Wildman–Crippen LogP) is 1.61. The van der Waals surface area contributed by atoms with Crippen LogP contribution in [0.1, 0.15) is 6.42 Å². The number of anilines is 1. The monoisotopic (exact) mass is 251 g/mol. The number of carboxylic acids is 1. The summed E-state index contributed by atoms with van der Waals surface area (Å²) < 4.78 is 10.5. The van der Waals surface area contributed by atoms with Crippen molar-refractivity contribution in [3.63, 3.8) is 0 Å². The standard InChI is InChI=1S/C13H17NO4/c1-14(10-7-9(10)13(15)16)11-6-8(17-2)4-5-12(11)18-3/h4-6,9-10H,7H2,1-3H3,(H,15,16). The fraction of sp³-hybridized carbons (Fsp3) is 0.462. The fourth-order valence-electron chi connectivity index (χ4n) is 2.13. The predicted molar refractivity (Wildman–Crippen MR) is 67.5 cm³/mol. The lowest BCUT2D eigenvalue weighted by atomic mass is 10.2. The molecule has 1 fully saturated rings. The van der Waals surface area contributed by atoms with Gasteiger partial charge in [-0.15, -0.1) is 0 Å². The molecule has 0 saturated heterocycles. The van der Waals surface area contributed by atoms with Gasteiger partial charge in [0.25, 0.3) is 0 Å². The Kier molecular flexibility index (Phi) is 3.32. The lowest BCUT2D eigenvalue weighted by molar-refractivity contribution is -0.138. The first kappa shape index (κ1) is 12.5. The van der Waals surface area contributed by atoms with Gasteiger partial charge in [0, 0.05) is 19.2 Å². The van der Waals surface area contributed by atoms with Crippen molar-refractivity contribution in [1.29, 1.82) is 0 Å². The molecule has 1 aromatic rings. The average Bonchev–Trinajstić information content (AvgIpc) is 3.17. The minimum atomic E-state index is -0.742. The van der Waals surface area contributed by atoms with Crippen LogP contribution >= 0.6 is 0 Å². The van der Waals surface area contributed by atoms with Crippen LogP contribution in [0.2, 0.25) is 0 Å². The number of carbonyl (C=O) groups is 1. The molecule has 1 aromatic carbocycles. The highest BCUT2D eigenvalue weighted by molar-refractivity contribution is 5.76. The molecule has 0 amide bonds. The minimum Gasteiger partial charge on any atom is -0.497 e. The van der Waals surface area contributed by atoms with Crippen molar-refractivity contribution in [2.24, 2.45) is 5.92 Å². The molecule has 5 nitrogen and oxygen atoms in total. The number of aliphatic carboxylic acids is 1. The van der Waals surface area contributed by atoms with Crippen molar-refractivity contribution in [1.82, 2.24) is 0 Å². The Bertz CT molecular complexity index is 460. The second-order valence-corrected chi connectivity index (χ2v) is 4.40. The number of hydrogen-bond donors (Lipinski definition) is 1. The molecule has 0 aliphatic heterocycles. The van der Waals surface area contributed by atoms with Gasteiger partial charge in [0.05, 0.1) is 25.8 Å². The summed E-state index contributed by atoms with van der Waals surface area (Å²) in [5.74, 6) is 0.416. The molecule has 0 spiro atoms. The van der Waals surface area contributed by atoms with Crippen LogP contribution in [0.3, 0.4) is 0 Å². The van der Waals surface area contributed by atoms with E-state index in [0.29, 0.717) is 12.2 Å². The van der Waals surface area contributed by atoms with E-state index < -0.39 is 5.97 Å². The Balaban J connectivity index is 2.23. The number of carboxylic acid groups (broad SMARTS) is 1. The quantitative estimate of drug-likeness (QED) is 0.861. The van der Waals surface area contributed by atoms with Gasteiger partial charge < -0.3 is 19.5 Å². The molecule has 1 aliphatic carbocycles. The maximum atomic E-state index is 10.9. The summed E-state index contributed by atoms with van der Waals surface area (Å²) in [5.41, 5.74) is 0.852. The van der Waals surface area contributed by atoms with E-state index in [4.69, 9.17) is 14.6 Å². The summed E-state index contributed by atoms with van der Waals surface area (Å²) in [7, 11) is 5.08. The third kappa shape index (κ3) is 2.20. The first-order chi connectivity index (χ1) is 8.58. The highest BCUT2D eigenvalue weighted by Crippen LogP contribution is 2.41. The molecule has 0 aromatic heterocycles. The molecule has 0 bridgehead atoms. The number of methoxy groups -OCH3 is 2. The van der Waals surface area contributed by atoms with Crippen LogP contribution in [0.25, 0.3) is 0 Å². The summed E-state index contributed by atoms with van der Waals surface area (Å²) >= 11 is 0. The van der Waals surface area contributed by atoms with E-state index in [-0.39, 0.29) is 12.0 Å². The van der Waals surface area contributed by atoms with Crippen molar-refractivity contribution in [3.8, 4) is 11.5 Å². The van der Waals surface area contributed by atoms with Crippen molar-refractivity contribution >= 4 is 11.7 Å². The minimum absolute atomic E-state index is 0.0310. The van der Waals surface area contributed by atoms with Crippen molar-refractivity contribution in [2.45, 2.75) is 12.5 Å². The van der Waals surface area contributed by atoms with Crippen LogP contribution in [0.15, 0.2) is 18.2 Å². The summed E-state index contributed by atoms with van der Waals surface area (Å²) in [6.07, 6.45) is 0.673. The molecule has 1 aliphatic rings. The molecule has 2 rings (SSSR count). The van der Waals surface area contributed by atoms with Crippen molar-refractivity contribution in [3.05, 3.63) is 18.2 Å². The van der Waals surface area contributed by atoms with Crippen LogP contribution in [-0.2, 0) is 4.79 Å². The highest BCUT2D eigenvalue weighted by Gasteiger charge is 2.46. The van der Waals surface area contributed by atoms with Crippen LogP contribution in [0, 0.1) is 5.92 Å².